The first-order chi connectivity index (χ1) is 52.0. The minimum Gasteiger partial charge on any atom is -0.462 e. The molecule has 0 saturated carbocycles. The summed E-state index contributed by atoms with van der Waals surface area (Å²) in [5.41, 5.74) is 0. The summed E-state index contributed by atoms with van der Waals surface area (Å²) >= 11 is 0. The molecule has 0 saturated heterocycles. The maximum absolute atomic E-state index is 13.2. The second-order valence-electron chi connectivity index (χ2n) is 32.1. The number of hydrogen-bond acceptors (Lipinski definition) is 15. The molecule has 636 valence electrons. The van der Waals surface area contributed by atoms with Gasteiger partial charge in [0.25, 0.3) is 0 Å². The van der Waals surface area contributed by atoms with Gasteiger partial charge < -0.3 is 33.8 Å². The molecule has 0 fully saturated rings. The third-order valence-corrected chi connectivity index (χ3v) is 22.7. The van der Waals surface area contributed by atoms with Crippen LogP contribution in [0.4, 0.5) is 0 Å². The molecule has 17 nitrogen and oxygen atoms in total. The molecule has 0 aromatic rings. The Kier molecular flexibility index (Phi) is 79.2. The van der Waals surface area contributed by atoms with E-state index in [1.165, 1.54) is 302 Å². The van der Waals surface area contributed by atoms with Crippen molar-refractivity contribution in [2.45, 2.75) is 496 Å². The fourth-order valence-corrected chi connectivity index (χ4v) is 15.4. The Balaban J connectivity index is 5.23. The van der Waals surface area contributed by atoms with Gasteiger partial charge in [0, 0.05) is 25.7 Å². The molecule has 2 unspecified atom stereocenters. The van der Waals surface area contributed by atoms with Gasteiger partial charge in [0.05, 0.1) is 26.4 Å². The molecule has 107 heavy (non-hydrogen) atoms. The predicted octanol–water partition coefficient (Wildman–Crippen LogP) is 27.2. The van der Waals surface area contributed by atoms with Crippen LogP contribution < -0.4 is 0 Å². The van der Waals surface area contributed by atoms with Crippen LogP contribution >= 0.6 is 15.6 Å². The smallest absolute Gasteiger partial charge is 0.462 e. The first kappa shape index (κ1) is 105. The quantitative estimate of drug-likeness (QED) is 0.0222. The third-order valence-electron chi connectivity index (χ3n) is 20.8. The number of aliphatic hydroxyl groups excluding tert-OH is 1. The lowest BCUT2D eigenvalue weighted by atomic mass is 10.0. The molecule has 0 radical (unpaired) electrons. The van der Waals surface area contributed by atoms with Crippen LogP contribution in [-0.2, 0) is 65.4 Å². The van der Waals surface area contributed by atoms with Gasteiger partial charge in [-0.1, -0.05) is 426 Å². The maximum atomic E-state index is 13.2. The molecule has 0 aromatic heterocycles. The van der Waals surface area contributed by atoms with E-state index in [0.29, 0.717) is 25.7 Å². The number of carbonyl (C=O) groups excluding carboxylic acids is 4. The summed E-state index contributed by atoms with van der Waals surface area (Å²) in [6.07, 6.45) is 75.0. The highest BCUT2D eigenvalue weighted by Crippen LogP contribution is 2.45. The highest BCUT2D eigenvalue weighted by atomic mass is 31.2. The average Bonchev–Trinajstić information content (AvgIpc) is 0.901. The van der Waals surface area contributed by atoms with E-state index in [1.54, 1.807) is 0 Å². The summed E-state index contributed by atoms with van der Waals surface area (Å²) in [5.74, 6) is -1.28. The van der Waals surface area contributed by atoms with Crippen LogP contribution in [0, 0.1) is 5.92 Å². The van der Waals surface area contributed by atoms with E-state index in [0.717, 1.165) is 95.8 Å². The van der Waals surface area contributed by atoms with Crippen molar-refractivity contribution in [1.82, 2.24) is 0 Å². The molecule has 19 heteroatoms. The Labute approximate surface area is 658 Å². The highest BCUT2D eigenvalue weighted by molar-refractivity contribution is 7.47. The van der Waals surface area contributed by atoms with Gasteiger partial charge in [-0.25, -0.2) is 9.13 Å². The van der Waals surface area contributed by atoms with Crippen LogP contribution in [-0.4, -0.2) is 96.7 Å². The summed E-state index contributed by atoms with van der Waals surface area (Å²) in [7, 11) is -9.93. The van der Waals surface area contributed by atoms with Crippen LogP contribution in [0.3, 0.4) is 0 Å². The van der Waals surface area contributed by atoms with Gasteiger partial charge in [0.15, 0.2) is 12.2 Å². The SMILES string of the molecule is CCCCCCCCCCCCCCCCCCCCCCCCC(=O)O[C@H](COC(=O)CCCCCCCCCCCCCCCCCCC(C)C)COP(=O)(O)OC[C@@H](O)COP(=O)(O)OC[C@@H](COC(=O)CCCCCCCCCCCCCC)OC(=O)CCCCCCCCCCCCCCCC. The van der Waals surface area contributed by atoms with Crippen molar-refractivity contribution in [3.63, 3.8) is 0 Å². The number of ether oxygens (including phenoxy) is 4. The minimum absolute atomic E-state index is 0.109. The highest BCUT2D eigenvalue weighted by Gasteiger charge is 2.30. The molecule has 0 rings (SSSR count). The topological polar surface area (TPSA) is 237 Å². The molecule has 0 aliphatic rings. The summed E-state index contributed by atoms with van der Waals surface area (Å²) in [4.78, 5) is 73.3. The zero-order chi connectivity index (χ0) is 78.3. The standard InChI is InChI=1S/C88H172O17P2/c1-6-9-12-15-18-21-24-27-29-30-31-32-33-34-35-40-44-49-54-59-64-69-74-88(93)105-84(78-99-86(91)72-67-62-57-52-47-43-39-37-36-38-41-45-50-55-60-65-70-81(4)5)80-103-107(96,97)101-76-82(89)75-100-106(94,95)102-79-83(77-98-85(90)71-66-61-56-51-46-26-23-20-17-14-11-8-3)104-87(92)73-68-63-58-53-48-42-28-25-22-19-16-13-10-7-2/h81-84,89H,6-80H2,1-5H3,(H,94,95)(H,96,97)/t82-,83+,84+/m0/s1. The summed E-state index contributed by atoms with van der Waals surface area (Å²) < 4.78 is 69.0. The van der Waals surface area contributed by atoms with Gasteiger partial charge in [-0.3, -0.25) is 37.3 Å². The average molecular weight is 1560 g/mol. The Morgan fingerprint density at radius 3 is 0.636 bits per heavy atom. The van der Waals surface area contributed by atoms with Crippen LogP contribution in [0.5, 0.6) is 0 Å². The Morgan fingerprint density at radius 1 is 0.252 bits per heavy atom. The third kappa shape index (κ3) is 81.9. The van der Waals surface area contributed by atoms with Gasteiger partial charge in [0.2, 0.25) is 0 Å². The lowest BCUT2D eigenvalue weighted by molar-refractivity contribution is -0.161. The molecule has 0 aromatic carbocycles. The van der Waals surface area contributed by atoms with E-state index >= 15 is 0 Å². The van der Waals surface area contributed by atoms with E-state index in [1.807, 2.05) is 0 Å². The lowest BCUT2D eigenvalue weighted by Crippen LogP contribution is -2.30. The molecule has 5 atom stereocenters. The second-order valence-corrected chi connectivity index (χ2v) is 35.0. The van der Waals surface area contributed by atoms with Crippen molar-refractivity contribution in [2.24, 2.45) is 5.92 Å². The number of aliphatic hydroxyl groups is 1. The zero-order valence-corrected chi connectivity index (χ0v) is 72.1. The number of hydrogen-bond donors (Lipinski definition) is 3. The van der Waals surface area contributed by atoms with Crippen molar-refractivity contribution >= 4 is 39.5 Å². The van der Waals surface area contributed by atoms with E-state index < -0.39 is 97.5 Å². The maximum Gasteiger partial charge on any atom is 0.472 e. The van der Waals surface area contributed by atoms with Crippen molar-refractivity contribution in [3.05, 3.63) is 0 Å². The molecule has 0 heterocycles. The van der Waals surface area contributed by atoms with Crippen LogP contribution in [0.25, 0.3) is 0 Å². The summed E-state index contributed by atoms with van der Waals surface area (Å²) in [6.45, 7) is 7.41. The van der Waals surface area contributed by atoms with E-state index in [2.05, 4.69) is 34.6 Å². The van der Waals surface area contributed by atoms with Crippen LogP contribution in [0.1, 0.15) is 478 Å². The monoisotopic (exact) mass is 1560 g/mol. The molecule has 0 amide bonds. The first-order valence-corrected chi connectivity index (χ1v) is 48.6. The van der Waals surface area contributed by atoms with Gasteiger partial charge in [-0.15, -0.1) is 0 Å². The Bertz CT molecular complexity index is 2030. The van der Waals surface area contributed by atoms with E-state index in [4.69, 9.17) is 37.0 Å². The molecular formula is C88H172O17P2. The second kappa shape index (κ2) is 80.7. The molecular weight excluding hydrogens is 1390 g/mol. The molecule has 0 aliphatic carbocycles. The molecule has 0 spiro atoms. The lowest BCUT2D eigenvalue weighted by Gasteiger charge is -2.21. The van der Waals surface area contributed by atoms with Crippen molar-refractivity contribution < 1.29 is 80.2 Å². The van der Waals surface area contributed by atoms with E-state index in [9.17, 15) is 43.2 Å². The fraction of sp³-hybridized carbons (Fsp3) is 0.955. The Morgan fingerprint density at radius 2 is 0.430 bits per heavy atom. The van der Waals surface area contributed by atoms with Crippen molar-refractivity contribution in [1.29, 1.82) is 0 Å². The van der Waals surface area contributed by atoms with Crippen LogP contribution in [0.15, 0.2) is 0 Å². The van der Waals surface area contributed by atoms with Gasteiger partial charge in [-0.05, 0) is 31.6 Å². The van der Waals surface area contributed by atoms with Gasteiger partial charge in [0.1, 0.15) is 19.3 Å². The zero-order valence-electron chi connectivity index (χ0n) is 70.3. The van der Waals surface area contributed by atoms with Gasteiger partial charge in [-0.2, -0.15) is 0 Å². The largest absolute Gasteiger partial charge is 0.472 e. The molecule has 0 bridgehead atoms. The number of carbonyl (C=O) groups is 4. The molecule has 0 aliphatic heterocycles. The minimum atomic E-state index is -4.97. The normalized spacial score (nSPS) is 13.7. The first-order valence-electron chi connectivity index (χ1n) is 45.6. The number of unbranched alkanes of at least 4 members (excludes halogenated alkanes) is 60. The predicted molar refractivity (Wildman–Crippen MR) is 442 cm³/mol. The van der Waals surface area contributed by atoms with Crippen molar-refractivity contribution in [3.8, 4) is 0 Å². The number of phosphoric acid groups is 2. The summed E-state index contributed by atoms with van der Waals surface area (Å²) in [5, 5.41) is 10.7. The number of phosphoric ester groups is 2. The van der Waals surface area contributed by atoms with Crippen LogP contribution in [0.2, 0.25) is 0 Å². The van der Waals surface area contributed by atoms with Gasteiger partial charge >= 0.3 is 39.5 Å². The molecule has 3 N–H and O–H groups in total. The number of esters is 4. The van der Waals surface area contributed by atoms with Crippen molar-refractivity contribution in [2.75, 3.05) is 39.6 Å². The Hall–Kier alpha value is -1.94. The summed E-state index contributed by atoms with van der Waals surface area (Å²) in [6, 6.07) is 0. The number of rotatable bonds is 88. The fourth-order valence-electron chi connectivity index (χ4n) is 13.8. The van der Waals surface area contributed by atoms with E-state index in [-0.39, 0.29) is 25.7 Å².